The van der Waals surface area contributed by atoms with Gasteiger partial charge in [-0.3, -0.25) is 4.79 Å². The van der Waals surface area contributed by atoms with Crippen molar-refractivity contribution < 1.29 is 4.79 Å². The smallest absolute Gasteiger partial charge is 0.139 e. The van der Waals surface area contributed by atoms with Crippen molar-refractivity contribution in [3.63, 3.8) is 0 Å². The molecule has 1 heteroatoms. The molecule has 0 aromatic rings. The first-order valence-electron chi connectivity index (χ1n) is 8.69. The third-order valence-corrected chi connectivity index (χ3v) is 5.90. The molecule has 0 amide bonds. The van der Waals surface area contributed by atoms with Crippen LogP contribution in [0.15, 0.2) is 22.8 Å². The summed E-state index contributed by atoms with van der Waals surface area (Å²) in [7, 11) is 0. The summed E-state index contributed by atoms with van der Waals surface area (Å²) < 4.78 is 0. The Morgan fingerprint density at radius 2 is 1.95 bits per heavy atom. The maximum Gasteiger partial charge on any atom is 0.139 e. The SMILES string of the molecule is CC(C)=C1CC[C@@]2(C)C(=O)C[C@H](C)CC/C=C(/C)CC[C@H]12. The van der Waals surface area contributed by atoms with Crippen molar-refractivity contribution in [2.45, 2.75) is 79.6 Å². The van der Waals surface area contributed by atoms with Gasteiger partial charge in [0.1, 0.15) is 5.78 Å². The van der Waals surface area contributed by atoms with Crippen molar-refractivity contribution >= 4 is 5.78 Å². The van der Waals surface area contributed by atoms with E-state index in [4.69, 9.17) is 0 Å². The fourth-order valence-electron chi connectivity index (χ4n) is 4.29. The Hall–Kier alpha value is -0.850. The van der Waals surface area contributed by atoms with E-state index in [0.29, 0.717) is 17.6 Å². The van der Waals surface area contributed by atoms with Crippen molar-refractivity contribution in [1.82, 2.24) is 0 Å². The highest BCUT2D eigenvalue weighted by molar-refractivity contribution is 5.86. The molecule has 0 bridgehead atoms. The van der Waals surface area contributed by atoms with E-state index in [2.05, 4.69) is 40.7 Å². The molecule has 0 radical (unpaired) electrons. The van der Waals surface area contributed by atoms with Crippen molar-refractivity contribution in [3.8, 4) is 0 Å². The van der Waals surface area contributed by atoms with Crippen LogP contribution in [0.3, 0.4) is 0 Å². The highest BCUT2D eigenvalue weighted by Crippen LogP contribution is 2.51. The van der Waals surface area contributed by atoms with Crippen LogP contribution in [0.25, 0.3) is 0 Å². The van der Waals surface area contributed by atoms with Gasteiger partial charge in [0.15, 0.2) is 0 Å². The fourth-order valence-corrected chi connectivity index (χ4v) is 4.29. The van der Waals surface area contributed by atoms with Crippen LogP contribution in [-0.4, -0.2) is 5.78 Å². The number of allylic oxidation sites excluding steroid dienone is 4. The minimum atomic E-state index is -0.106. The van der Waals surface area contributed by atoms with Crippen LogP contribution in [0.1, 0.15) is 79.6 Å². The molecule has 0 aromatic carbocycles. The van der Waals surface area contributed by atoms with Crippen LogP contribution in [0.5, 0.6) is 0 Å². The van der Waals surface area contributed by atoms with Crippen molar-refractivity contribution in [1.29, 1.82) is 0 Å². The standard InChI is InChI=1S/C20H32O/c1-14(2)17-11-12-20(5)18(17)10-9-15(3)7-6-8-16(4)13-19(20)21/h7,16,18H,6,8-13H2,1-5H3/b15-7-/t16-,18-,20-/m1/s1. The average Bonchev–Trinajstić information content (AvgIpc) is 2.73. The molecule has 0 spiro atoms. The molecule has 0 saturated heterocycles. The predicted octanol–water partition coefficient (Wildman–Crippen LogP) is 5.85. The molecular formula is C20H32O. The number of carbonyl (C=O) groups is 1. The number of ketones is 1. The zero-order valence-corrected chi connectivity index (χ0v) is 14.6. The summed E-state index contributed by atoms with van der Waals surface area (Å²) in [6.07, 6.45) is 9.96. The molecular weight excluding hydrogens is 256 g/mol. The second-order valence-electron chi connectivity index (χ2n) is 7.89. The summed E-state index contributed by atoms with van der Waals surface area (Å²) in [4.78, 5) is 13.0. The molecule has 21 heavy (non-hydrogen) atoms. The van der Waals surface area contributed by atoms with E-state index in [1.165, 1.54) is 11.1 Å². The maximum absolute atomic E-state index is 13.0. The molecule has 0 aliphatic heterocycles. The molecule has 2 aliphatic carbocycles. The average molecular weight is 288 g/mol. The molecule has 1 fully saturated rings. The van der Waals surface area contributed by atoms with Gasteiger partial charge in [-0.05, 0) is 71.1 Å². The normalized spacial score (nSPS) is 37.5. The van der Waals surface area contributed by atoms with Crippen molar-refractivity contribution in [2.75, 3.05) is 0 Å². The van der Waals surface area contributed by atoms with Gasteiger partial charge >= 0.3 is 0 Å². The Kier molecular flexibility index (Phi) is 5.11. The number of rotatable bonds is 0. The number of fused-ring (bicyclic) bond motifs is 1. The van der Waals surface area contributed by atoms with E-state index in [9.17, 15) is 4.79 Å². The van der Waals surface area contributed by atoms with Crippen LogP contribution < -0.4 is 0 Å². The molecule has 0 unspecified atom stereocenters. The molecule has 0 aromatic heterocycles. The summed E-state index contributed by atoms with van der Waals surface area (Å²) in [5.41, 5.74) is 4.43. The lowest BCUT2D eigenvalue weighted by Gasteiger charge is -2.32. The Morgan fingerprint density at radius 3 is 2.62 bits per heavy atom. The van der Waals surface area contributed by atoms with E-state index < -0.39 is 0 Å². The molecule has 2 rings (SSSR count). The lowest BCUT2D eigenvalue weighted by atomic mass is 9.70. The molecule has 2 aliphatic rings. The lowest BCUT2D eigenvalue weighted by Crippen LogP contribution is -2.33. The number of carbonyl (C=O) groups excluding carboxylic acids is 1. The van der Waals surface area contributed by atoms with E-state index in [-0.39, 0.29) is 5.41 Å². The summed E-state index contributed by atoms with van der Waals surface area (Å²) in [6.45, 7) is 11.2. The predicted molar refractivity (Wildman–Crippen MR) is 90.2 cm³/mol. The van der Waals surface area contributed by atoms with Gasteiger partial charge in [0.25, 0.3) is 0 Å². The van der Waals surface area contributed by atoms with Crippen molar-refractivity contribution in [2.24, 2.45) is 17.3 Å². The van der Waals surface area contributed by atoms with Gasteiger partial charge in [-0.1, -0.05) is 36.6 Å². The first kappa shape index (κ1) is 16.5. The first-order valence-corrected chi connectivity index (χ1v) is 8.69. The highest BCUT2D eigenvalue weighted by Gasteiger charge is 2.46. The highest BCUT2D eigenvalue weighted by atomic mass is 16.1. The lowest BCUT2D eigenvalue weighted by molar-refractivity contribution is -0.130. The Morgan fingerprint density at radius 1 is 1.24 bits per heavy atom. The van der Waals surface area contributed by atoms with Gasteiger partial charge < -0.3 is 0 Å². The second-order valence-corrected chi connectivity index (χ2v) is 7.89. The first-order chi connectivity index (χ1) is 9.84. The van der Waals surface area contributed by atoms with Crippen LogP contribution in [-0.2, 0) is 4.79 Å². The fraction of sp³-hybridized carbons (Fsp3) is 0.750. The van der Waals surface area contributed by atoms with Crippen molar-refractivity contribution in [3.05, 3.63) is 22.8 Å². The number of Topliss-reactive ketones (excluding diaryl/α,β-unsaturated/α-hetero) is 1. The van der Waals surface area contributed by atoms with E-state index in [1.807, 2.05) is 0 Å². The van der Waals surface area contributed by atoms with E-state index in [1.54, 1.807) is 5.57 Å². The summed E-state index contributed by atoms with van der Waals surface area (Å²) in [5, 5.41) is 0. The number of hydrogen-bond donors (Lipinski definition) is 0. The van der Waals surface area contributed by atoms with Gasteiger partial charge in [0.2, 0.25) is 0 Å². The minimum absolute atomic E-state index is 0.106. The summed E-state index contributed by atoms with van der Waals surface area (Å²) in [5.74, 6) is 1.52. The van der Waals surface area contributed by atoms with Crippen LogP contribution in [0, 0.1) is 17.3 Å². The molecule has 1 nitrogen and oxygen atoms in total. The Bertz CT molecular complexity index is 464. The quantitative estimate of drug-likeness (QED) is 0.511. The Labute approximate surface area is 130 Å². The van der Waals surface area contributed by atoms with Gasteiger partial charge in [0.05, 0.1) is 0 Å². The number of hydrogen-bond acceptors (Lipinski definition) is 1. The topological polar surface area (TPSA) is 17.1 Å². The van der Waals surface area contributed by atoms with Gasteiger partial charge in [-0.25, -0.2) is 0 Å². The summed E-state index contributed by atoms with van der Waals surface area (Å²) in [6, 6.07) is 0. The zero-order chi connectivity index (χ0) is 15.6. The molecule has 3 atom stereocenters. The summed E-state index contributed by atoms with van der Waals surface area (Å²) >= 11 is 0. The van der Waals surface area contributed by atoms with Crippen LogP contribution >= 0.6 is 0 Å². The van der Waals surface area contributed by atoms with Gasteiger partial charge in [0, 0.05) is 11.8 Å². The monoisotopic (exact) mass is 288 g/mol. The van der Waals surface area contributed by atoms with Crippen LogP contribution in [0.4, 0.5) is 0 Å². The molecule has 1 saturated carbocycles. The molecule has 0 N–H and O–H groups in total. The minimum Gasteiger partial charge on any atom is -0.299 e. The van der Waals surface area contributed by atoms with Gasteiger partial charge in [-0.15, -0.1) is 0 Å². The third-order valence-electron chi connectivity index (χ3n) is 5.90. The second kappa shape index (κ2) is 6.50. The Balaban J connectivity index is 2.34. The maximum atomic E-state index is 13.0. The van der Waals surface area contributed by atoms with Gasteiger partial charge in [-0.2, -0.15) is 0 Å². The molecule has 0 heterocycles. The molecule has 118 valence electrons. The van der Waals surface area contributed by atoms with Crippen LogP contribution in [0.2, 0.25) is 0 Å². The van der Waals surface area contributed by atoms with E-state index in [0.717, 1.165) is 44.9 Å². The third kappa shape index (κ3) is 3.49. The largest absolute Gasteiger partial charge is 0.299 e. The zero-order valence-electron chi connectivity index (χ0n) is 14.6. The van der Waals surface area contributed by atoms with E-state index >= 15 is 0 Å².